The molecule has 4 heteroatoms. The first-order chi connectivity index (χ1) is 6.11. The standard InChI is InChI=1S/C9H17NO3/c1-8(7-12-3)10(2)6-5-9(11)13-4/h5-6,8H,7H2,1-4H3. The lowest BCUT2D eigenvalue weighted by Crippen LogP contribution is -2.28. The SMILES string of the molecule is COCC(C)N(C)C=CC(=O)OC. The van der Waals surface area contributed by atoms with Gasteiger partial charge in [-0.3, -0.25) is 0 Å². The van der Waals surface area contributed by atoms with Gasteiger partial charge in [0.05, 0.1) is 13.7 Å². The van der Waals surface area contributed by atoms with Crippen LogP contribution in [0.25, 0.3) is 0 Å². The van der Waals surface area contributed by atoms with E-state index in [1.165, 1.54) is 13.2 Å². The summed E-state index contributed by atoms with van der Waals surface area (Å²) < 4.78 is 9.42. The highest BCUT2D eigenvalue weighted by molar-refractivity contribution is 5.81. The third-order valence-electron chi connectivity index (χ3n) is 1.75. The summed E-state index contributed by atoms with van der Waals surface area (Å²) in [6.07, 6.45) is 3.06. The fraction of sp³-hybridized carbons (Fsp3) is 0.667. The van der Waals surface area contributed by atoms with Crippen molar-refractivity contribution in [2.75, 3.05) is 27.9 Å². The maximum atomic E-state index is 10.7. The van der Waals surface area contributed by atoms with Gasteiger partial charge < -0.3 is 14.4 Å². The molecule has 0 amide bonds. The van der Waals surface area contributed by atoms with Gasteiger partial charge in [-0.15, -0.1) is 0 Å². The maximum absolute atomic E-state index is 10.7. The van der Waals surface area contributed by atoms with Crippen LogP contribution in [-0.4, -0.2) is 44.8 Å². The van der Waals surface area contributed by atoms with Gasteiger partial charge in [0.15, 0.2) is 0 Å². The van der Waals surface area contributed by atoms with E-state index >= 15 is 0 Å². The minimum Gasteiger partial charge on any atom is -0.466 e. The van der Waals surface area contributed by atoms with Crippen LogP contribution in [0.1, 0.15) is 6.92 Å². The van der Waals surface area contributed by atoms with Gasteiger partial charge in [0.25, 0.3) is 0 Å². The second kappa shape index (κ2) is 6.48. The highest BCUT2D eigenvalue weighted by Crippen LogP contribution is 1.96. The molecule has 0 radical (unpaired) electrons. The zero-order valence-corrected chi connectivity index (χ0v) is 8.61. The van der Waals surface area contributed by atoms with Crippen LogP contribution in [-0.2, 0) is 14.3 Å². The van der Waals surface area contributed by atoms with Crippen molar-refractivity contribution in [3.8, 4) is 0 Å². The van der Waals surface area contributed by atoms with Gasteiger partial charge >= 0.3 is 5.97 Å². The lowest BCUT2D eigenvalue weighted by atomic mass is 10.3. The van der Waals surface area contributed by atoms with E-state index in [1.54, 1.807) is 13.3 Å². The molecular formula is C9H17NO3. The van der Waals surface area contributed by atoms with Crippen molar-refractivity contribution >= 4 is 5.97 Å². The Labute approximate surface area is 79.1 Å². The largest absolute Gasteiger partial charge is 0.466 e. The van der Waals surface area contributed by atoms with Gasteiger partial charge in [0, 0.05) is 32.5 Å². The number of likely N-dealkylation sites (N-methyl/N-ethyl adjacent to an activating group) is 1. The molecule has 13 heavy (non-hydrogen) atoms. The molecule has 0 fully saturated rings. The predicted octanol–water partition coefficient (Wildman–Crippen LogP) is 0.640. The van der Waals surface area contributed by atoms with Gasteiger partial charge in [0.1, 0.15) is 0 Å². The first-order valence-corrected chi connectivity index (χ1v) is 4.08. The van der Waals surface area contributed by atoms with Crippen LogP contribution in [0.5, 0.6) is 0 Å². The quantitative estimate of drug-likeness (QED) is 0.467. The van der Waals surface area contributed by atoms with Gasteiger partial charge in [-0.05, 0) is 6.92 Å². The molecule has 0 aromatic rings. The van der Waals surface area contributed by atoms with E-state index in [0.717, 1.165) is 0 Å². The summed E-state index contributed by atoms with van der Waals surface area (Å²) in [5, 5.41) is 0. The lowest BCUT2D eigenvalue weighted by molar-refractivity contribution is -0.134. The zero-order valence-electron chi connectivity index (χ0n) is 8.61. The van der Waals surface area contributed by atoms with E-state index in [1.807, 2.05) is 18.9 Å². The summed E-state index contributed by atoms with van der Waals surface area (Å²) in [7, 11) is 4.88. The Hall–Kier alpha value is -1.03. The normalized spacial score (nSPS) is 12.9. The Morgan fingerprint density at radius 1 is 1.54 bits per heavy atom. The molecule has 0 N–H and O–H groups in total. The van der Waals surface area contributed by atoms with E-state index < -0.39 is 0 Å². The molecule has 0 spiro atoms. The fourth-order valence-corrected chi connectivity index (χ4v) is 0.752. The predicted molar refractivity (Wildman–Crippen MR) is 50.3 cm³/mol. The summed E-state index contributed by atoms with van der Waals surface area (Å²) in [6.45, 7) is 2.63. The second-order valence-electron chi connectivity index (χ2n) is 2.81. The number of rotatable bonds is 5. The average Bonchev–Trinajstić information content (AvgIpc) is 2.13. The molecule has 4 nitrogen and oxygen atoms in total. The van der Waals surface area contributed by atoms with E-state index in [2.05, 4.69) is 4.74 Å². The second-order valence-corrected chi connectivity index (χ2v) is 2.81. The monoisotopic (exact) mass is 187 g/mol. The first-order valence-electron chi connectivity index (χ1n) is 4.08. The number of esters is 1. The van der Waals surface area contributed by atoms with Gasteiger partial charge in [0.2, 0.25) is 0 Å². The molecule has 0 bridgehead atoms. The molecule has 0 aliphatic heterocycles. The van der Waals surface area contributed by atoms with Gasteiger partial charge in [-0.25, -0.2) is 4.79 Å². The maximum Gasteiger partial charge on any atom is 0.331 e. The molecule has 76 valence electrons. The van der Waals surface area contributed by atoms with Crippen LogP contribution in [0.4, 0.5) is 0 Å². The van der Waals surface area contributed by atoms with Crippen LogP contribution in [0.15, 0.2) is 12.3 Å². The number of hydrogen-bond acceptors (Lipinski definition) is 4. The number of carbonyl (C=O) groups is 1. The smallest absolute Gasteiger partial charge is 0.331 e. The number of carbonyl (C=O) groups excluding carboxylic acids is 1. The Balaban J connectivity index is 3.90. The zero-order chi connectivity index (χ0) is 10.3. The number of nitrogens with zero attached hydrogens (tertiary/aromatic N) is 1. The molecule has 1 atom stereocenters. The fourth-order valence-electron chi connectivity index (χ4n) is 0.752. The van der Waals surface area contributed by atoms with Gasteiger partial charge in [-0.1, -0.05) is 0 Å². The Morgan fingerprint density at radius 2 is 2.15 bits per heavy atom. The molecule has 0 aromatic carbocycles. The summed E-state index contributed by atoms with van der Waals surface area (Å²) in [5.74, 6) is -0.350. The van der Waals surface area contributed by atoms with Crippen LogP contribution in [0, 0.1) is 0 Å². The van der Waals surface area contributed by atoms with Crippen molar-refractivity contribution in [3.05, 3.63) is 12.3 Å². The number of methoxy groups -OCH3 is 2. The van der Waals surface area contributed by atoms with Crippen molar-refractivity contribution in [3.63, 3.8) is 0 Å². The summed E-state index contributed by atoms with van der Waals surface area (Å²) >= 11 is 0. The topological polar surface area (TPSA) is 38.8 Å². The number of hydrogen-bond donors (Lipinski definition) is 0. The van der Waals surface area contributed by atoms with Crippen LogP contribution < -0.4 is 0 Å². The highest BCUT2D eigenvalue weighted by Gasteiger charge is 2.04. The molecule has 0 aliphatic carbocycles. The Kier molecular flexibility index (Phi) is 5.97. The molecule has 0 aliphatic rings. The van der Waals surface area contributed by atoms with Crippen molar-refractivity contribution in [2.45, 2.75) is 13.0 Å². The van der Waals surface area contributed by atoms with E-state index in [-0.39, 0.29) is 12.0 Å². The third-order valence-corrected chi connectivity index (χ3v) is 1.75. The summed E-state index contributed by atoms with van der Waals surface area (Å²) in [5.41, 5.74) is 0. The third kappa shape index (κ3) is 5.25. The highest BCUT2D eigenvalue weighted by atomic mass is 16.5. The van der Waals surface area contributed by atoms with Crippen molar-refractivity contribution in [2.24, 2.45) is 0 Å². The average molecular weight is 187 g/mol. The van der Waals surface area contributed by atoms with Gasteiger partial charge in [-0.2, -0.15) is 0 Å². The van der Waals surface area contributed by atoms with Crippen molar-refractivity contribution in [1.82, 2.24) is 4.90 Å². The molecule has 0 saturated carbocycles. The summed E-state index contributed by atoms with van der Waals surface area (Å²) in [4.78, 5) is 12.6. The molecule has 0 rings (SSSR count). The van der Waals surface area contributed by atoms with E-state index in [9.17, 15) is 4.79 Å². The van der Waals surface area contributed by atoms with Crippen molar-refractivity contribution < 1.29 is 14.3 Å². The van der Waals surface area contributed by atoms with Crippen LogP contribution in [0.3, 0.4) is 0 Å². The minimum absolute atomic E-state index is 0.242. The van der Waals surface area contributed by atoms with E-state index in [0.29, 0.717) is 6.61 Å². The summed E-state index contributed by atoms with van der Waals surface area (Å²) in [6, 6.07) is 0.242. The van der Waals surface area contributed by atoms with Crippen molar-refractivity contribution in [1.29, 1.82) is 0 Å². The first kappa shape index (κ1) is 12.0. The molecule has 0 heterocycles. The molecular weight excluding hydrogens is 170 g/mol. The van der Waals surface area contributed by atoms with E-state index in [4.69, 9.17) is 4.74 Å². The number of ether oxygens (including phenoxy) is 2. The van der Waals surface area contributed by atoms with Crippen LogP contribution in [0.2, 0.25) is 0 Å². The molecule has 0 aromatic heterocycles. The minimum atomic E-state index is -0.350. The Morgan fingerprint density at radius 3 is 2.62 bits per heavy atom. The molecule has 0 saturated heterocycles. The van der Waals surface area contributed by atoms with Crippen LogP contribution >= 0.6 is 0 Å². The molecule has 1 unspecified atom stereocenters. The Bertz CT molecular complexity index is 180. The lowest BCUT2D eigenvalue weighted by Gasteiger charge is -2.21.